The molecule has 2 saturated heterocycles. The Labute approximate surface area is 159 Å². The van der Waals surface area contributed by atoms with Crippen molar-refractivity contribution in [3.8, 4) is 0 Å². The number of aliphatic hydroxyl groups is 2. The molecule has 2 aliphatic heterocycles. The first kappa shape index (κ1) is 25.2. The molecule has 27 heavy (non-hydrogen) atoms. The van der Waals surface area contributed by atoms with Gasteiger partial charge in [0.15, 0.2) is 0 Å². The van der Waals surface area contributed by atoms with Crippen LogP contribution in [0, 0.1) is 0 Å². The molecule has 156 valence electrons. The van der Waals surface area contributed by atoms with Crippen molar-refractivity contribution in [3.05, 3.63) is 25.3 Å². The van der Waals surface area contributed by atoms with Gasteiger partial charge in [-0.05, 0) is 13.8 Å². The highest BCUT2D eigenvalue weighted by atomic mass is 16.6. The van der Waals surface area contributed by atoms with Crippen LogP contribution in [0.2, 0.25) is 0 Å². The summed E-state index contributed by atoms with van der Waals surface area (Å²) in [6.45, 7) is 12.3. The van der Waals surface area contributed by atoms with Crippen LogP contribution in [-0.4, -0.2) is 86.2 Å². The maximum atomic E-state index is 10.3. The predicted molar refractivity (Wildman–Crippen MR) is 96.0 cm³/mol. The average molecular weight is 390 g/mol. The number of esters is 2. The molecular weight excluding hydrogens is 360 g/mol. The van der Waals surface area contributed by atoms with Gasteiger partial charge in [0, 0.05) is 12.2 Å². The highest BCUT2D eigenvalue weighted by Gasteiger charge is 2.24. The number of hydrogen-bond acceptors (Lipinski definition) is 9. The summed E-state index contributed by atoms with van der Waals surface area (Å²) >= 11 is 0. The summed E-state index contributed by atoms with van der Waals surface area (Å²) < 4.78 is 23.8. The van der Waals surface area contributed by atoms with Crippen LogP contribution in [0.4, 0.5) is 0 Å². The second-order valence-electron chi connectivity index (χ2n) is 5.75. The van der Waals surface area contributed by atoms with Crippen molar-refractivity contribution in [2.24, 2.45) is 0 Å². The highest BCUT2D eigenvalue weighted by molar-refractivity contribution is 5.81. The number of carbonyl (C=O) groups is 2. The van der Waals surface area contributed by atoms with Crippen molar-refractivity contribution in [1.82, 2.24) is 0 Å². The van der Waals surface area contributed by atoms with E-state index in [1.807, 2.05) is 0 Å². The molecular formula is C18H30O9. The molecule has 2 heterocycles. The smallest absolute Gasteiger partial charge is 0.330 e. The van der Waals surface area contributed by atoms with E-state index >= 15 is 0 Å². The standard InChI is InChI=1S/2C6H8O3.C6H14O3/c2*1-2-6(7)9-4-5-3-8-5;1-5(8)4-9-6(2)3-7/h2*2,5H,1,3-4H2;5-8H,3-4H2,1-2H3. The number of carbonyl (C=O) groups excluding carboxylic acids is 2. The maximum absolute atomic E-state index is 10.3. The molecule has 9 heteroatoms. The third-order valence-corrected chi connectivity index (χ3v) is 2.84. The first-order valence-electron chi connectivity index (χ1n) is 8.54. The lowest BCUT2D eigenvalue weighted by Crippen LogP contribution is -2.19. The molecule has 0 aliphatic carbocycles. The van der Waals surface area contributed by atoms with Crippen molar-refractivity contribution in [3.63, 3.8) is 0 Å². The normalized spacial score (nSPS) is 21.0. The molecule has 0 radical (unpaired) electrons. The van der Waals surface area contributed by atoms with E-state index < -0.39 is 6.10 Å². The SMILES string of the molecule is C=CC(=O)OCC1CO1.C=CC(=O)OCC1CO1.CC(O)COC(C)CO. The number of aliphatic hydroxyl groups excluding tert-OH is 2. The van der Waals surface area contributed by atoms with E-state index in [0.29, 0.717) is 33.0 Å². The fraction of sp³-hybridized carbons (Fsp3) is 0.667. The van der Waals surface area contributed by atoms with Crippen LogP contribution in [-0.2, 0) is 33.3 Å². The molecule has 9 nitrogen and oxygen atoms in total. The van der Waals surface area contributed by atoms with Crippen LogP contribution >= 0.6 is 0 Å². The van der Waals surface area contributed by atoms with E-state index in [1.165, 1.54) is 0 Å². The van der Waals surface area contributed by atoms with Gasteiger partial charge in [-0.1, -0.05) is 13.2 Å². The number of ether oxygens (including phenoxy) is 5. The minimum Gasteiger partial charge on any atom is -0.460 e. The van der Waals surface area contributed by atoms with Gasteiger partial charge in [-0.3, -0.25) is 0 Å². The Morgan fingerprint density at radius 3 is 1.74 bits per heavy atom. The Hall–Kier alpha value is -1.78. The highest BCUT2D eigenvalue weighted by Crippen LogP contribution is 2.08. The first-order valence-corrected chi connectivity index (χ1v) is 8.54. The van der Waals surface area contributed by atoms with Crippen LogP contribution in [0.1, 0.15) is 13.8 Å². The minimum atomic E-state index is -0.445. The molecule has 0 saturated carbocycles. The summed E-state index contributed by atoms with van der Waals surface area (Å²) in [4.78, 5) is 20.7. The Bertz CT molecular complexity index is 410. The van der Waals surface area contributed by atoms with E-state index in [2.05, 4.69) is 22.6 Å². The van der Waals surface area contributed by atoms with Gasteiger partial charge in [0.25, 0.3) is 0 Å². The Kier molecular flexibility index (Phi) is 14.3. The molecule has 4 unspecified atom stereocenters. The van der Waals surface area contributed by atoms with Crippen LogP contribution in [0.25, 0.3) is 0 Å². The molecule has 0 bridgehead atoms. The van der Waals surface area contributed by atoms with Crippen LogP contribution < -0.4 is 0 Å². The topological polar surface area (TPSA) is 127 Å². The van der Waals surface area contributed by atoms with Gasteiger partial charge in [0.05, 0.1) is 38.6 Å². The number of hydrogen-bond donors (Lipinski definition) is 2. The number of rotatable bonds is 10. The van der Waals surface area contributed by atoms with E-state index in [1.54, 1.807) is 13.8 Å². The summed E-state index contributed by atoms with van der Waals surface area (Å²) in [5.41, 5.74) is 0. The molecule has 0 aromatic rings. The summed E-state index contributed by atoms with van der Waals surface area (Å²) in [5, 5.41) is 17.1. The second-order valence-corrected chi connectivity index (χ2v) is 5.75. The van der Waals surface area contributed by atoms with Gasteiger partial charge >= 0.3 is 11.9 Å². The zero-order valence-corrected chi connectivity index (χ0v) is 15.9. The van der Waals surface area contributed by atoms with Crippen LogP contribution in [0.5, 0.6) is 0 Å². The lowest BCUT2D eigenvalue weighted by atomic mass is 10.4. The largest absolute Gasteiger partial charge is 0.460 e. The average Bonchev–Trinajstić information content (AvgIpc) is 3.57. The van der Waals surface area contributed by atoms with Crippen molar-refractivity contribution in [2.75, 3.05) is 39.6 Å². The summed E-state index contributed by atoms with van der Waals surface area (Å²) in [6.07, 6.45) is 1.96. The predicted octanol–water partition coefficient (Wildman–Crippen LogP) is -0.00660. The van der Waals surface area contributed by atoms with Crippen molar-refractivity contribution in [2.45, 2.75) is 38.3 Å². The van der Waals surface area contributed by atoms with Gasteiger partial charge in [0.2, 0.25) is 0 Å². The molecule has 2 rings (SSSR count). The van der Waals surface area contributed by atoms with Crippen LogP contribution in [0.15, 0.2) is 25.3 Å². The molecule has 2 aliphatic rings. The molecule has 0 aromatic heterocycles. The van der Waals surface area contributed by atoms with Gasteiger partial charge in [-0.25, -0.2) is 9.59 Å². The third-order valence-electron chi connectivity index (χ3n) is 2.84. The van der Waals surface area contributed by atoms with Crippen LogP contribution in [0.3, 0.4) is 0 Å². The van der Waals surface area contributed by atoms with Crippen molar-refractivity contribution in [1.29, 1.82) is 0 Å². The van der Waals surface area contributed by atoms with E-state index in [0.717, 1.165) is 12.2 Å². The van der Waals surface area contributed by atoms with Crippen molar-refractivity contribution < 1.29 is 43.5 Å². The summed E-state index contributed by atoms with van der Waals surface area (Å²) in [6, 6.07) is 0. The zero-order valence-electron chi connectivity index (χ0n) is 15.9. The van der Waals surface area contributed by atoms with Crippen molar-refractivity contribution >= 4 is 11.9 Å². The van der Waals surface area contributed by atoms with Gasteiger partial charge in [0.1, 0.15) is 25.4 Å². The minimum absolute atomic E-state index is 0.00667. The van der Waals surface area contributed by atoms with E-state index in [9.17, 15) is 9.59 Å². The fourth-order valence-electron chi connectivity index (χ4n) is 1.15. The Balaban J connectivity index is 0.000000376. The number of epoxide rings is 2. The molecule has 0 amide bonds. The van der Waals surface area contributed by atoms with Gasteiger partial charge in [-0.2, -0.15) is 0 Å². The summed E-state index contributed by atoms with van der Waals surface area (Å²) in [7, 11) is 0. The Morgan fingerprint density at radius 1 is 1.07 bits per heavy atom. The molecule has 0 aromatic carbocycles. The molecule has 2 fully saturated rings. The maximum Gasteiger partial charge on any atom is 0.330 e. The Morgan fingerprint density at radius 2 is 1.48 bits per heavy atom. The monoisotopic (exact) mass is 390 g/mol. The lowest BCUT2D eigenvalue weighted by Gasteiger charge is -2.10. The summed E-state index contributed by atoms with van der Waals surface area (Å²) in [5.74, 6) is -0.768. The second kappa shape index (κ2) is 15.3. The fourth-order valence-corrected chi connectivity index (χ4v) is 1.15. The quantitative estimate of drug-likeness (QED) is 0.301. The van der Waals surface area contributed by atoms with E-state index in [-0.39, 0.29) is 36.9 Å². The lowest BCUT2D eigenvalue weighted by molar-refractivity contribution is -0.139. The molecule has 0 spiro atoms. The first-order chi connectivity index (χ1) is 12.8. The third kappa shape index (κ3) is 18.8. The van der Waals surface area contributed by atoms with Gasteiger partial charge in [-0.15, -0.1) is 0 Å². The zero-order chi connectivity index (χ0) is 20.7. The van der Waals surface area contributed by atoms with Gasteiger partial charge < -0.3 is 33.9 Å². The molecule has 2 N–H and O–H groups in total. The van der Waals surface area contributed by atoms with E-state index in [4.69, 9.17) is 24.4 Å². The molecule has 4 atom stereocenters.